The summed E-state index contributed by atoms with van der Waals surface area (Å²) >= 11 is 0. The molecule has 2 aliphatic heterocycles. The van der Waals surface area contributed by atoms with E-state index in [1.54, 1.807) is 11.0 Å². The average molecular weight is 302 g/mol. The van der Waals surface area contributed by atoms with Crippen molar-refractivity contribution in [2.75, 3.05) is 24.6 Å². The second-order valence-corrected chi connectivity index (χ2v) is 6.24. The van der Waals surface area contributed by atoms with Crippen LogP contribution in [-0.2, 0) is 4.79 Å². The summed E-state index contributed by atoms with van der Waals surface area (Å²) in [6, 6.07) is 5.46. The van der Waals surface area contributed by atoms with Crippen LogP contribution in [0.1, 0.15) is 37.0 Å². The highest BCUT2D eigenvalue weighted by molar-refractivity contribution is 6.03. The molecule has 0 radical (unpaired) electrons. The summed E-state index contributed by atoms with van der Waals surface area (Å²) in [4.78, 5) is 26.5. The predicted octanol–water partition coefficient (Wildman–Crippen LogP) is 2.00. The van der Waals surface area contributed by atoms with Crippen molar-refractivity contribution in [1.82, 2.24) is 5.32 Å². The van der Waals surface area contributed by atoms with Gasteiger partial charge in [-0.1, -0.05) is 0 Å². The fourth-order valence-corrected chi connectivity index (χ4v) is 3.20. The van der Waals surface area contributed by atoms with E-state index < -0.39 is 0 Å². The number of rotatable bonds is 3. The molecular formula is C17H22N2O3. The van der Waals surface area contributed by atoms with Crippen LogP contribution in [-0.4, -0.2) is 37.4 Å². The fourth-order valence-electron chi connectivity index (χ4n) is 3.20. The number of carbonyl (C=O) groups is 2. The van der Waals surface area contributed by atoms with Gasteiger partial charge >= 0.3 is 0 Å². The van der Waals surface area contributed by atoms with Gasteiger partial charge < -0.3 is 15.0 Å². The molecule has 1 atom stereocenters. The molecule has 118 valence electrons. The predicted molar refractivity (Wildman–Crippen MR) is 84.5 cm³/mol. The third-order valence-electron chi connectivity index (χ3n) is 4.31. The third-order valence-corrected chi connectivity index (χ3v) is 4.31. The van der Waals surface area contributed by atoms with Crippen molar-refractivity contribution in [3.8, 4) is 5.75 Å². The maximum Gasteiger partial charge on any atom is 0.265 e. The molecule has 0 spiro atoms. The standard InChI is InChI=1S/C17H22N2O3/c1-11(2)19-14-8-12(5-6-15(14)22-10-16(19)20)17(21)13-4-3-7-18-9-13/h5-6,8,11,13,18H,3-4,7,9-10H2,1-2H3. The van der Waals surface area contributed by atoms with Crippen molar-refractivity contribution in [3.63, 3.8) is 0 Å². The number of benzene rings is 1. The Hall–Kier alpha value is -1.88. The summed E-state index contributed by atoms with van der Waals surface area (Å²) in [7, 11) is 0. The first kappa shape index (κ1) is 15.0. The molecule has 0 aromatic heterocycles. The van der Waals surface area contributed by atoms with Gasteiger partial charge in [-0.3, -0.25) is 9.59 Å². The SMILES string of the molecule is CC(C)N1C(=O)COc2ccc(C(=O)C3CCCNC3)cc21. The zero-order chi connectivity index (χ0) is 15.7. The summed E-state index contributed by atoms with van der Waals surface area (Å²) in [5.41, 5.74) is 1.37. The minimum atomic E-state index is -0.0635. The molecule has 5 nitrogen and oxygen atoms in total. The molecule has 1 aromatic carbocycles. The third kappa shape index (κ3) is 2.73. The van der Waals surface area contributed by atoms with Gasteiger partial charge in [-0.15, -0.1) is 0 Å². The number of piperidine rings is 1. The zero-order valence-corrected chi connectivity index (χ0v) is 13.1. The van der Waals surface area contributed by atoms with Gasteiger partial charge in [0.05, 0.1) is 5.69 Å². The summed E-state index contributed by atoms with van der Waals surface area (Å²) in [6.45, 7) is 5.71. The smallest absolute Gasteiger partial charge is 0.265 e. The Bertz CT molecular complexity index is 592. The van der Waals surface area contributed by atoms with Crippen molar-refractivity contribution >= 4 is 17.4 Å². The molecule has 1 aromatic rings. The Morgan fingerprint density at radius 2 is 2.23 bits per heavy atom. The molecule has 0 bridgehead atoms. The lowest BCUT2D eigenvalue weighted by Gasteiger charge is -2.33. The number of nitrogens with one attached hydrogen (secondary N) is 1. The molecule has 5 heteroatoms. The van der Waals surface area contributed by atoms with Crippen LogP contribution in [0.2, 0.25) is 0 Å². The Morgan fingerprint density at radius 1 is 1.41 bits per heavy atom. The molecule has 1 saturated heterocycles. The maximum atomic E-state index is 12.7. The van der Waals surface area contributed by atoms with Gasteiger partial charge in [0.1, 0.15) is 5.75 Å². The lowest BCUT2D eigenvalue weighted by atomic mass is 9.90. The number of anilines is 1. The number of carbonyl (C=O) groups excluding carboxylic acids is 2. The van der Waals surface area contributed by atoms with Gasteiger partial charge in [0.15, 0.2) is 12.4 Å². The topological polar surface area (TPSA) is 58.6 Å². The van der Waals surface area contributed by atoms with Crippen LogP contribution in [0, 0.1) is 5.92 Å². The normalized spacial score (nSPS) is 21.5. The molecule has 2 aliphatic rings. The van der Waals surface area contributed by atoms with E-state index in [0.29, 0.717) is 17.0 Å². The highest BCUT2D eigenvalue weighted by atomic mass is 16.5. The van der Waals surface area contributed by atoms with E-state index in [0.717, 1.165) is 25.9 Å². The first-order valence-electron chi connectivity index (χ1n) is 7.92. The molecule has 2 heterocycles. The number of Topliss-reactive ketones (excluding diaryl/α,β-unsaturated/α-hetero) is 1. The van der Waals surface area contributed by atoms with Crippen LogP contribution in [0.4, 0.5) is 5.69 Å². The summed E-state index contributed by atoms with van der Waals surface area (Å²) in [6.07, 6.45) is 1.95. The second-order valence-electron chi connectivity index (χ2n) is 6.24. The number of nitrogens with zero attached hydrogens (tertiary/aromatic N) is 1. The van der Waals surface area contributed by atoms with E-state index >= 15 is 0 Å². The molecule has 22 heavy (non-hydrogen) atoms. The molecular weight excluding hydrogens is 280 g/mol. The highest BCUT2D eigenvalue weighted by Crippen LogP contribution is 2.35. The summed E-state index contributed by atoms with van der Waals surface area (Å²) in [5, 5.41) is 3.27. The molecule has 1 fully saturated rings. The molecule has 3 rings (SSSR count). The highest BCUT2D eigenvalue weighted by Gasteiger charge is 2.29. The first-order valence-corrected chi connectivity index (χ1v) is 7.92. The van der Waals surface area contributed by atoms with E-state index in [2.05, 4.69) is 5.32 Å². The zero-order valence-electron chi connectivity index (χ0n) is 13.1. The van der Waals surface area contributed by atoms with Crippen molar-refractivity contribution < 1.29 is 14.3 Å². The number of hydrogen-bond acceptors (Lipinski definition) is 4. The minimum Gasteiger partial charge on any atom is -0.482 e. The Labute approximate surface area is 130 Å². The van der Waals surface area contributed by atoms with Crippen LogP contribution < -0.4 is 15.0 Å². The van der Waals surface area contributed by atoms with Crippen molar-refractivity contribution in [3.05, 3.63) is 23.8 Å². The van der Waals surface area contributed by atoms with Crippen LogP contribution in [0.25, 0.3) is 0 Å². The number of amides is 1. The van der Waals surface area contributed by atoms with Crippen LogP contribution in [0.3, 0.4) is 0 Å². The van der Waals surface area contributed by atoms with Gasteiger partial charge in [-0.25, -0.2) is 0 Å². The monoisotopic (exact) mass is 302 g/mol. The van der Waals surface area contributed by atoms with Crippen LogP contribution >= 0.6 is 0 Å². The second kappa shape index (κ2) is 6.08. The van der Waals surface area contributed by atoms with Gasteiger partial charge in [-0.2, -0.15) is 0 Å². The van der Waals surface area contributed by atoms with Crippen molar-refractivity contribution in [2.24, 2.45) is 5.92 Å². The van der Waals surface area contributed by atoms with Crippen molar-refractivity contribution in [1.29, 1.82) is 0 Å². The maximum absolute atomic E-state index is 12.7. The Balaban J connectivity index is 1.91. The Morgan fingerprint density at radius 3 is 2.91 bits per heavy atom. The van der Waals surface area contributed by atoms with Crippen LogP contribution in [0.5, 0.6) is 5.75 Å². The largest absolute Gasteiger partial charge is 0.482 e. The van der Waals surface area contributed by atoms with Crippen molar-refractivity contribution in [2.45, 2.75) is 32.7 Å². The van der Waals surface area contributed by atoms with Gasteiger partial charge in [-0.05, 0) is 51.4 Å². The Kier molecular flexibility index (Phi) is 4.16. The molecule has 0 saturated carbocycles. The van der Waals surface area contributed by atoms with E-state index in [1.165, 1.54) is 0 Å². The van der Waals surface area contributed by atoms with E-state index in [1.807, 2.05) is 26.0 Å². The summed E-state index contributed by atoms with van der Waals surface area (Å²) in [5.74, 6) is 0.786. The van der Waals surface area contributed by atoms with E-state index in [4.69, 9.17) is 4.74 Å². The molecule has 1 N–H and O–H groups in total. The van der Waals surface area contributed by atoms with E-state index in [-0.39, 0.29) is 30.3 Å². The average Bonchev–Trinajstić information content (AvgIpc) is 2.54. The number of hydrogen-bond donors (Lipinski definition) is 1. The number of fused-ring (bicyclic) bond motifs is 1. The number of ketones is 1. The number of ether oxygens (including phenoxy) is 1. The lowest BCUT2D eigenvalue weighted by Crippen LogP contribution is -2.43. The molecule has 0 aliphatic carbocycles. The van der Waals surface area contributed by atoms with Crippen LogP contribution in [0.15, 0.2) is 18.2 Å². The minimum absolute atomic E-state index is 0.0273. The first-order chi connectivity index (χ1) is 10.6. The fraction of sp³-hybridized carbons (Fsp3) is 0.529. The summed E-state index contributed by atoms with van der Waals surface area (Å²) < 4.78 is 5.48. The quantitative estimate of drug-likeness (QED) is 0.868. The van der Waals surface area contributed by atoms with E-state index in [9.17, 15) is 9.59 Å². The molecule has 1 unspecified atom stereocenters. The lowest BCUT2D eigenvalue weighted by molar-refractivity contribution is -0.121. The molecule has 1 amide bonds. The van der Waals surface area contributed by atoms with Gasteiger partial charge in [0.2, 0.25) is 0 Å². The van der Waals surface area contributed by atoms with Gasteiger partial charge in [0.25, 0.3) is 5.91 Å². The van der Waals surface area contributed by atoms with Gasteiger partial charge in [0, 0.05) is 24.1 Å².